The Morgan fingerprint density at radius 3 is 2.68 bits per heavy atom. The molecule has 0 amide bonds. The fraction of sp³-hybridized carbons (Fsp3) is 0.588. The number of benzene rings is 1. The summed E-state index contributed by atoms with van der Waals surface area (Å²) in [5, 5.41) is 9.34. The minimum atomic E-state index is -0.434. The van der Waals surface area contributed by atoms with Gasteiger partial charge in [0.2, 0.25) is 0 Å². The zero-order chi connectivity index (χ0) is 16.2. The van der Waals surface area contributed by atoms with Crippen molar-refractivity contribution in [3.8, 4) is 5.75 Å². The van der Waals surface area contributed by atoms with Gasteiger partial charge >= 0.3 is 5.97 Å². The average Bonchev–Trinajstić information content (AvgIpc) is 2.44. The topological polar surface area (TPSA) is 59.0 Å². The number of carbonyl (C=O) groups is 1. The van der Waals surface area contributed by atoms with Gasteiger partial charge in [-0.15, -0.1) is 0 Å². The zero-order valence-corrected chi connectivity index (χ0v) is 13.5. The number of rotatable bonds is 4. The second kappa shape index (κ2) is 7.11. The first-order valence-electron chi connectivity index (χ1n) is 7.68. The molecule has 0 radical (unpaired) electrons. The molecule has 0 bridgehead atoms. The van der Waals surface area contributed by atoms with E-state index in [1.54, 1.807) is 12.1 Å². The van der Waals surface area contributed by atoms with E-state index in [1.165, 1.54) is 0 Å². The number of morpholine rings is 1. The van der Waals surface area contributed by atoms with Gasteiger partial charge in [0.1, 0.15) is 11.4 Å². The van der Waals surface area contributed by atoms with Crippen LogP contribution in [0.1, 0.15) is 38.9 Å². The maximum absolute atomic E-state index is 11.8. The van der Waals surface area contributed by atoms with E-state index in [0.717, 1.165) is 18.7 Å². The SMILES string of the molecule is CC(C)(C)OC(=O)CCN1CCO[C@@H](c2ccc(O)cc2)C1. The monoisotopic (exact) mass is 307 g/mol. The maximum atomic E-state index is 11.8. The van der Waals surface area contributed by atoms with Crippen molar-refractivity contribution in [2.45, 2.75) is 38.9 Å². The molecule has 1 aliphatic heterocycles. The molecule has 0 aromatic heterocycles. The molecular weight excluding hydrogens is 282 g/mol. The van der Waals surface area contributed by atoms with Crippen LogP contribution in [0.4, 0.5) is 0 Å². The first-order chi connectivity index (χ1) is 10.3. The van der Waals surface area contributed by atoms with Crippen molar-refractivity contribution < 1.29 is 19.4 Å². The highest BCUT2D eigenvalue weighted by Crippen LogP contribution is 2.24. The molecule has 5 nitrogen and oxygen atoms in total. The van der Waals surface area contributed by atoms with Crippen LogP contribution in [0.2, 0.25) is 0 Å². The van der Waals surface area contributed by atoms with Gasteiger partial charge in [-0.1, -0.05) is 12.1 Å². The van der Waals surface area contributed by atoms with Crippen molar-refractivity contribution in [3.63, 3.8) is 0 Å². The minimum absolute atomic E-state index is 0.0204. The molecule has 1 N–H and O–H groups in total. The normalized spacial score (nSPS) is 19.9. The maximum Gasteiger partial charge on any atom is 0.307 e. The number of hydrogen-bond acceptors (Lipinski definition) is 5. The second-order valence-corrected chi connectivity index (χ2v) is 6.59. The standard InChI is InChI=1S/C17H25NO4/c1-17(2,3)22-16(20)8-9-18-10-11-21-15(12-18)13-4-6-14(19)7-5-13/h4-7,15,19H,8-12H2,1-3H3/t15-/m1/s1. The van der Waals surface area contributed by atoms with Crippen LogP contribution >= 0.6 is 0 Å². The molecule has 1 aromatic carbocycles. The fourth-order valence-electron chi connectivity index (χ4n) is 2.44. The zero-order valence-electron chi connectivity index (χ0n) is 13.5. The van der Waals surface area contributed by atoms with Crippen LogP contribution in [-0.4, -0.2) is 47.8 Å². The van der Waals surface area contributed by atoms with Crippen LogP contribution in [0.5, 0.6) is 5.75 Å². The summed E-state index contributed by atoms with van der Waals surface area (Å²) in [6.45, 7) is 8.50. The van der Waals surface area contributed by atoms with Gasteiger partial charge in [-0.05, 0) is 38.5 Å². The third-order valence-electron chi connectivity index (χ3n) is 3.47. The van der Waals surface area contributed by atoms with E-state index in [2.05, 4.69) is 4.90 Å². The second-order valence-electron chi connectivity index (χ2n) is 6.59. The number of nitrogens with zero attached hydrogens (tertiary/aromatic N) is 1. The van der Waals surface area contributed by atoms with Gasteiger partial charge in [0.15, 0.2) is 0 Å². The number of carbonyl (C=O) groups excluding carboxylic acids is 1. The highest BCUT2D eigenvalue weighted by atomic mass is 16.6. The van der Waals surface area contributed by atoms with Gasteiger partial charge in [0.05, 0.1) is 19.1 Å². The Morgan fingerprint density at radius 2 is 2.05 bits per heavy atom. The molecule has 1 saturated heterocycles. The first-order valence-corrected chi connectivity index (χ1v) is 7.68. The molecule has 5 heteroatoms. The van der Waals surface area contributed by atoms with Gasteiger partial charge < -0.3 is 14.6 Å². The molecule has 1 aliphatic rings. The molecular formula is C17H25NO4. The van der Waals surface area contributed by atoms with E-state index in [4.69, 9.17) is 9.47 Å². The van der Waals surface area contributed by atoms with E-state index in [9.17, 15) is 9.90 Å². The Labute approximate surface area is 131 Å². The summed E-state index contributed by atoms with van der Waals surface area (Å²) in [7, 11) is 0. The van der Waals surface area contributed by atoms with Crippen molar-refractivity contribution in [2.75, 3.05) is 26.2 Å². The number of ether oxygens (including phenoxy) is 2. The lowest BCUT2D eigenvalue weighted by atomic mass is 10.1. The summed E-state index contributed by atoms with van der Waals surface area (Å²) >= 11 is 0. The molecule has 0 saturated carbocycles. The van der Waals surface area contributed by atoms with Crippen LogP contribution in [0.15, 0.2) is 24.3 Å². The highest BCUT2D eigenvalue weighted by Gasteiger charge is 2.23. The Hall–Kier alpha value is -1.59. The van der Waals surface area contributed by atoms with Gasteiger partial charge in [-0.3, -0.25) is 9.69 Å². The number of hydrogen-bond donors (Lipinski definition) is 1. The van der Waals surface area contributed by atoms with E-state index in [0.29, 0.717) is 19.6 Å². The summed E-state index contributed by atoms with van der Waals surface area (Å²) in [4.78, 5) is 14.0. The van der Waals surface area contributed by atoms with E-state index < -0.39 is 5.60 Å². The van der Waals surface area contributed by atoms with Gasteiger partial charge in [0.25, 0.3) is 0 Å². The molecule has 0 aliphatic carbocycles. The van der Waals surface area contributed by atoms with Crippen LogP contribution in [0.3, 0.4) is 0 Å². The largest absolute Gasteiger partial charge is 0.508 e. The predicted molar refractivity (Wildman–Crippen MR) is 83.7 cm³/mol. The van der Waals surface area contributed by atoms with E-state index in [1.807, 2.05) is 32.9 Å². The molecule has 122 valence electrons. The van der Waals surface area contributed by atoms with Crippen molar-refractivity contribution in [3.05, 3.63) is 29.8 Å². The summed E-state index contributed by atoms with van der Waals surface area (Å²) in [5.74, 6) is 0.0847. The van der Waals surface area contributed by atoms with Crippen LogP contribution in [0.25, 0.3) is 0 Å². The van der Waals surface area contributed by atoms with E-state index >= 15 is 0 Å². The molecule has 22 heavy (non-hydrogen) atoms. The molecule has 2 rings (SSSR count). The van der Waals surface area contributed by atoms with E-state index in [-0.39, 0.29) is 17.8 Å². The summed E-state index contributed by atoms with van der Waals surface area (Å²) in [6, 6.07) is 7.07. The van der Waals surface area contributed by atoms with Gasteiger partial charge in [-0.25, -0.2) is 0 Å². The lowest BCUT2D eigenvalue weighted by Crippen LogP contribution is -2.39. The Morgan fingerprint density at radius 1 is 1.36 bits per heavy atom. The Bertz CT molecular complexity index is 492. The minimum Gasteiger partial charge on any atom is -0.508 e. The molecule has 1 heterocycles. The summed E-state index contributed by atoms with van der Waals surface area (Å²) in [5.41, 5.74) is 0.608. The number of aromatic hydroxyl groups is 1. The molecule has 1 fully saturated rings. The molecule has 0 spiro atoms. The lowest BCUT2D eigenvalue weighted by molar-refractivity contribution is -0.155. The first kappa shape index (κ1) is 16.8. The van der Waals surface area contributed by atoms with Crippen molar-refractivity contribution in [1.29, 1.82) is 0 Å². The average molecular weight is 307 g/mol. The quantitative estimate of drug-likeness (QED) is 0.866. The summed E-state index contributed by atoms with van der Waals surface area (Å²) in [6.07, 6.45) is 0.368. The Kier molecular flexibility index (Phi) is 5.42. The lowest BCUT2D eigenvalue weighted by Gasteiger charge is -2.33. The highest BCUT2D eigenvalue weighted by molar-refractivity contribution is 5.70. The Balaban J connectivity index is 1.83. The van der Waals surface area contributed by atoms with Gasteiger partial charge in [-0.2, -0.15) is 0 Å². The van der Waals surface area contributed by atoms with Crippen LogP contribution in [0, 0.1) is 0 Å². The third-order valence-corrected chi connectivity index (χ3v) is 3.47. The van der Waals surface area contributed by atoms with Crippen molar-refractivity contribution in [2.24, 2.45) is 0 Å². The smallest absolute Gasteiger partial charge is 0.307 e. The third kappa shape index (κ3) is 5.31. The number of phenolic OH excluding ortho intramolecular Hbond substituents is 1. The van der Waals surface area contributed by atoms with Crippen molar-refractivity contribution >= 4 is 5.97 Å². The van der Waals surface area contributed by atoms with Crippen molar-refractivity contribution in [1.82, 2.24) is 4.90 Å². The molecule has 1 aromatic rings. The van der Waals surface area contributed by atoms with Gasteiger partial charge in [0, 0.05) is 19.6 Å². The number of phenols is 1. The molecule has 0 unspecified atom stereocenters. The fourth-order valence-corrected chi connectivity index (χ4v) is 2.44. The van der Waals surface area contributed by atoms with Crippen LogP contribution in [-0.2, 0) is 14.3 Å². The number of esters is 1. The predicted octanol–water partition coefficient (Wildman–Crippen LogP) is 2.50. The summed E-state index contributed by atoms with van der Waals surface area (Å²) < 4.78 is 11.1. The molecule has 1 atom stereocenters. The van der Waals surface area contributed by atoms with Crippen LogP contribution < -0.4 is 0 Å².